The number of alkyl carbamates (subject to hydrolysis) is 1. The number of phenols is 1. The van der Waals surface area contributed by atoms with E-state index in [4.69, 9.17) is 9.47 Å². The van der Waals surface area contributed by atoms with Crippen molar-refractivity contribution < 1.29 is 29.3 Å². The van der Waals surface area contributed by atoms with Gasteiger partial charge < -0.3 is 30.3 Å². The number of piperazine rings is 1. The molecule has 41 heavy (non-hydrogen) atoms. The summed E-state index contributed by atoms with van der Waals surface area (Å²) in [4.78, 5) is 30.4. The number of phenolic OH excluding ortho intramolecular Hbond substituents is 1. The molecule has 4 atom stereocenters. The molecule has 224 valence electrons. The van der Waals surface area contributed by atoms with Crippen LogP contribution in [0.5, 0.6) is 5.75 Å². The van der Waals surface area contributed by atoms with Crippen LogP contribution < -0.4 is 10.6 Å². The van der Waals surface area contributed by atoms with Crippen molar-refractivity contribution in [3.63, 3.8) is 0 Å². The quantitative estimate of drug-likeness (QED) is 0.344. The molecule has 0 spiro atoms. The van der Waals surface area contributed by atoms with E-state index < -0.39 is 29.8 Å². The number of hydrogen-bond donors (Lipinski definition) is 4. The van der Waals surface area contributed by atoms with Gasteiger partial charge >= 0.3 is 6.09 Å². The molecule has 0 radical (unpaired) electrons. The van der Waals surface area contributed by atoms with Gasteiger partial charge in [0.2, 0.25) is 5.91 Å². The molecule has 2 aromatic carbocycles. The number of aliphatic hydroxyl groups is 1. The highest BCUT2D eigenvalue weighted by molar-refractivity contribution is 5.82. The Morgan fingerprint density at radius 1 is 1.10 bits per heavy atom. The van der Waals surface area contributed by atoms with Crippen molar-refractivity contribution >= 4 is 12.0 Å². The number of rotatable bonds is 10. The first-order valence-corrected chi connectivity index (χ1v) is 14.4. The number of nitrogens with zero attached hydrogens (tertiary/aromatic N) is 2. The van der Waals surface area contributed by atoms with Crippen molar-refractivity contribution in [2.75, 3.05) is 39.4 Å². The van der Waals surface area contributed by atoms with E-state index in [-0.39, 0.29) is 24.3 Å². The molecule has 2 saturated heterocycles. The maximum absolute atomic E-state index is 13.5. The van der Waals surface area contributed by atoms with Crippen LogP contribution in [0, 0.1) is 0 Å². The normalized spacial score (nSPS) is 21.7. The first kappa shape index (κ1) is 30.8. The van der Waals surface area contributed by atoms with E-state index in [0.717, 1.165) is 11.1 Å². The lowest BCUT2D eigenvalue weighted by Gasteiger charge is -2.43. The third-order valence-electron chi connectivity index (χ3n) is 7.34. The van der Waals surface area contributed by atoms with Crippen LogP contribution in [0.1, 0.15) is 38.3 Å². The zero-order valence-electron chi connectivity index (χ0n) is 24.3. The van der Waals surface area contributed by atoms with E-state index in [2.05, 4.69) is 15.5 Å². The number of carbonyl (C=O) groups is 2. The SMILES string of the molecule is CC(C)(C)NC(=O)[C@@H]1CN(Cc2cccc(O)c2)CCN1C[C@@H](O)[C@H](Cc1ccccc1)NC(=O)O[C@H]1CCOC1. The van der Waals surface area contributed by atoms with Crippen LogP contribution in [0.3, 0.4) is 0 Å². The molecule has 0 aromatic heterocycles. The molecule has 0 unspecified atom stereocenters. The molecule has 2 aromatic rings. The van der Waals surface area contributed by atoms with Gasteiger partial charge in [0.25, 0.3) is 0 Å². The summed E-state index contributed by atoms with van der Waals surface area (Å²) in [6, 6.07) is 15.7. The third kappa shape index (κ3) is 9.71. The first-order valence-electron chi connectivity index (χ1n) is 14.4. The molecule has 10 nitrogen and oxygen atoms in total. The molecular formula is C31H44N4O6. The second-order valence-electron chi connectivity index (χ2n) is 12.1. The minimum Gasteiger partial charge on any atom is -0.508 e. The van der Waals surface area contributed by atoms with E-state index in [1.54, 1.807) is 12.1 Å². The number of benzene rings is 2. The minimum absolute atomic E-state index is 0.112. The monoisotopic (exact) mass is 568 g/mol. The summed E-state index contributed by atoms with van der Waals surface area (Å²) >= 11 is 0. The Bertz CT molecular complexity index is 1130. The number of ether oxygens (including phenoxy) is 2. The maximum atomic E-state index is 13.5. The molecule has 2 aliphatic rings. The second kappa shape index (κ2) is 14.1. The van der Waals surface area contributed by atoms with E-state index in [1.165, 1.54) is 0 Å². The molecule has 2 heterocycles. The standard InChI is InChI=1S/C31H44N4O6/c1-31(2,3)33-29(38)27-19-34(18-23-10-7-11-24(36)16-23)13-14-35(27)20-28(37)26(17-22-8-5-4-6-9-22)32-30(39)41-25-12-15-40-21-25/h4-11,16,25-28,36-37H,12-15,17-21H2,1-3H3,(H,32,39)(H,33,38)/t25-,26-,27-,28+/m0/s1. The van der Waals surface area contributed by atoms with E-state index in [0.29, 0.717) is 52.2 Å². The molecule has 0 saturated carbocycles. The van der Waals surface area contributed by atoms with Gasteiger partial charge in [0, 0.05) is 44.7 Å². The van der Waals surface area contributed by atoms with Gasteiger partial charge in [0.1, 0.15) is 17.9 Å². The van der Waals surface area contributed by atoms with Gasteiger partial charge in [-0.2, -0.15) is 0 Å². The van der Waals surface area contributed by atoms with E-state index >= 15 is 0 Å². The fourth-order valence-corrected chi connectivity index (χ4v) is 5.32. The van der Waals surface area contributed by atoms with Crippen LogP contribution in [0.4, 0.5) is 4.79 Å². The highest BCUT2D eigenvalue weighted by Gasteiger charge is 2.36. The lowest BCUT2D eigenvalue weighted by Crippen LogP contribution is -2.63. The van der Waals surface area contributed by atoms with Gasteiger partial charge in [-0.3, -0.25) is 14.6 Å². The Labute approximate surface area is 242 Å². The van der Waals surface area contributed by atoms with Crippen molar-refractivity contribution in [2.45, 2.75) is 70.0 Å². The van der Waals surface area contributed by atoms with Crippen LogP contribution in [0.25, 0.3) is 0 Å². The highest BCUT2D eigenvalue weighted by atomic mass is 16.6. The molecule has 2 aliphatic heterocycles. The number of nitrogens with one attached hydrogen (secondary N) is 2. The fourth-order valence-electron chi connectivity index (χ4n) is 5.32. The van der Waals surface area contributed by atoms with Gasteiger partial charge in [0.15, 0.2) is 0 Å². The topological polar surface area (TPSA) is 124 Å². The smallest absolute Gasteiger partial charge is 0.407 e. The number of carbonyl (C=O) groups excluding carboxylic acids is 2. The van der Waals surface area contributed by atoms with Gasteiger partial charge in [-0.1, -0.05) is 42.5 Å². The van der Waals surface area contributed by atoms with Crippen LogP contribution in [0.2, 0.25) is 0 Å². The number of hydrogen-bond acceptors (Lipinski definition) is 8. The largest absolute Gasteiger partial charge is 0.508 e. The predicted molar refractivity (Wildman–Crippen MR) is 155 cm³/mol. The van der Waals surface area contributed by atoms with Gasteiger partial charge in [-0.05, 0) is 50.5 Å². The molecular weight excluding hydrogens is 524 g/mol. The van der Waals surface area contributed by atoms with Crippen LogP contribution in [-0.4, -0.2) is 101 Å². The molecule has 2 fully saturated rings. The average molecular weight is 569 g/mol. The van der Waals surface area contributed by atoms with Crippen molar-refractivity contribution in [1.82, 2.24) is 20.4 Å². The highest BCUT2D eigenvalue weighted by Crippen LogP contribution is 2.19. The summed E-state index contributed by atoms with van der Waals surface area (Å²) in [6.45, 7) is 9.26. The average Bonchev–Trinajstić information content (AvgIpc) is 3.41. The number of β-amino-alcohol motifs (C(OH)–C–C–N with tert-alkyl or cyclic N) is 1. The molecule has 0 aliphatic carbocycles. The Morgan fingerprint density at radius 2 is 1.85 bits per heavy atom. The fraction of sp³-hybridized carbons (Fsp3) is 0.548. The summed E-state index contributed by atoms with van der Waals surface area (Å²) in [6.07, 6.45) is -0.774. The first-order chi connectivity index (χ1) is 19.6. The summed E-state index contributed by atoms with van der Waals surface area (Å²) in [7, 11) is 0. The molecule has 0 bridgehead atoms. The van der Waals surface area contributed by atoms with Crippen LogP contribution in [0.15, 0.2) is 54.6 Å². The maximum Gasteiger partial charge on any atom is 0.407 e. The molecule has 4 N–H and O–H groups in total. The lowest BCUT2D eigenvalue weighted by atomic mass is 9.99. The summed E-state index contributed by atoms with van der Waals surface area (Å²) in [5.74, 6) is 0.0979. The molecule has 2 amide bonds. The number of aromatic hydroxyl groups is 1. The van der Waals surface area contributed by atoms with Gasteiger partial charge in [0.05, 0.1) is 25.4 Å². The van der Waals surface area contributed by atoms with Crippen molar-refractivity contribution in [3.05, 3.63) is 65.7 Å². The van der Waals surface area contributed by atoms with Crippen molar-refractivity contribution in [1.29, 1.82) is 0 Å². The zero-order chi connectivity index (χ0) is 29.4. The second-order valence-corrected chi connectivity index (χ2v) is 12.1. The third-order valence-corrected chi connectivity index (χ3v) is 7.34. The number of amides is 2. The van der Waals surface area contributed by atoms with Crippen molar-refractivity contribution in [2.24, 2.45) is 0 Å². The minimum atomic E-state index is -0.954. The van der Waals surface area contributed by atoms with Crippen LogP contribution >= 0.6 is 0 Å². The Balaban J connectivity index is 1.47. The zero-order valence-corrected chi connectivity index (χ0v) is 24.3. The summed E-state index contributed by atoms with van der Waals surface area (Å²) in [5, 5.41) is 27.4. The Hall–Kier alpha value is -3.18. The van der Waals surface area contributed by atoms with Crippen molar-refractivity contribution in [3.8, 4) is 5.75 Å². The van der Waals surface area contributed by atoms with Gasteiger partial charge in [-0.15, -0.1) is 0 Å². The lowest BCUT2D eigenvalue weighted by molar-refractivity contribution is -0.131. The Morgan fingerprint density at radius 3 is 2.54 bits per heavy atom. The Kier molecular flexibility index (Phi) is 10.6. The molecule has 4 rings (SSSR count). The number of aliphatic hydroxyl groups excluding tert-OH is 1. The van der Waals surface area contributed by atoms with E-state index in [1.807, 2.05) is 68.1 Å². The molecule has 10 heteroatoms. The summed E-state index contributed by atoms with van der Waals surface area (Å²) in [5.41, 5.74) is 1.52. The van der Waals surface area contributed by atoms with E-state index in [9.17, 15) is 19.8 Å². The van der Waals surface area contributed by atoms with Gasteiger partial charge in [-0.25, -0.2) is 4.79 Å². The van der Waals surface area contributed by atoms with Crippen LogP contribution in [-0.2, 0) is 27.2 Å². The summed E-state index contributed by atoms with van der Waals surface area (Å²) < 4.78 is 10.8. The predicted octanol–water partition coefficient (Wildman–Crippen LogP) is 2.28.